The highest BCUT2D eigenvalue weighted by Gasteiger charge is 2.23. The molecule has 1 amide bonds. The van der Waals surface area contributed by atoms with Crippen molar-refractivity contribution in [3.8, 4) is 5.69 Å². The fourth-order valence-electron chi connectivity index (χ4n) is 4.55. The van der Waals surface area contributed by atoms with Crippen LogP contribution in [0, 0.1) is 13.8 Å². The van der Waals surface area contributed by atoms with Gasteiger partial charge in [-0.1, -0.05) is 23.8 Å². The van der Waals surface area contributed by atoms with Crippen molar-refractivity contribution < 1.29 is 4.79 Å². The number of carbonyl (C=O) groups excluding carboxylic acids is 1. The van der Waals surface area contributed by atoms with Crippen LogP contribution in [0.25, 0.3) is 16.9 Å². The molecule has 0 unspecified atom stereocenters. The van der Waals surface area contributed by atoms with E-state index in [-0.39, 0.29) is 17.9 Å². The molecule has 4 heterocycles. The Labute approximate surface area is 203 Å². The van der Waals surface area contributed by atoms with E-state index in [1.165, 1.54) is 0 Å². The molecule has 35 heavy (non-hydrogen) atoms. The molecule has 9 heteroatoms. The Morgan fingerprint density at radius 3 is 2.43 bits per heavy atom. The first-order valence-electron chi connectivity index (χ1n) is 11.9. The third kappa shape index (κ3) is 4.41. The number of aryl methyl sites for hydroxylation is 4. The zero-order valence-electron chi connectivity index (χ0n) is 20.3. The van der Waals surface area contributed by atoms with E-state index in [0.717, 1.165) is 35.9 Å². The quantitative estimate of drug-likeness (QED) is 0.444. The summed E-state index contributed by atoms with van der Waals surface area (Å²) in [4.78, 5) is 39.1. The number of rotatable bonds is 5. The SMILES string of the molecule is Cc1ccc(-n2nc(C)c3nc(CCC(=O)N4CCN(c5ccccn5)CC4)c(=O)n(C)c32)cc1. The largest absolute Gasteiger partial charge is 0.353 e. The number of carbonyl (C=O) groups is 1. The second kappa shape index (κ2) is 9.32. The first-order valence-corrected chi connectivity index (χ1v) is 11.9. The molecule has 0 aliphatic carbocycles. The van der Waals surface area contributed by atoms with Crippen LogP contribution >= 0.6 is 0 Å². The lowest BCUT2D eigenvalue weighted by atomic mass is 10.2. The third-order valence-corrected chi connectivity index (χ3v) is 6.58. The van der Waals surface area contributed by atoms with Crippen LogP contribution in [0.15, 0.2) is 53.5 Å². The lowest BCUT2D eigenvalue weighted by Gasteiger charge is -2.35. The summed E-state index contributed by atoms with van der Waals surface area (Å²) in [6.45, 7) is 6.69. The van der Waals surface area contributed by atoms with Gasteiger partial charge in [-0.2, -0.15) is 5.10 Å². The first kappa shape index (κ1) is 22.8. The molecular formula is C26H29N7O2. The van der Waals surface area contributed by atoms with Gasteiger partial charge in [0.15, 0.2) is 5.65 Å². The van der Waals surface area contributed by atoms with Crippen molar-refractivity contribution in [3.63, 3.8) is 0 Å². The van der Waals surface area contributed by atoms with E-state index in [0.29, 0.717) is 36.4 Å². The molecule has 5 rings (SSSR count). The highest BCUT2D eigenvalue weighted by atomic mass is 16.2. The fraction of sp³-hybridized carbons (Fsp3) is 0.346. The van der Waals surface area contributed by atoms with Gasteiger partial charge in [-0.15, -0.1) is 0 Å². The number of hydrogen-bond donors (Lipinski definition) is 0. The third-order valence-electron chi connectivity index (χ3n) is 6.58. The summed E-state index contributed by atoms with van der Waals surface area (Å²) >= 11 is 0. The van der Waals surface area contributed by atoms with Crippen molar-refractivity contribution >= 4 is 22.9 Å². The van der Waals surface area contributed by atoms with Crippen LogP contribution in [-0.4, -0.2) is 61.3 Å². The maximum atomic E-state index is 13.1. The summed E-state index contributed by atoms with van der Waals surface area (Å²) in [6, 6.07) is 13.8. The Morgan fingerprint density at radius 1 is 1.00 bits per heavy atom. The molecule has 0 bridgehead atoms. The van der Waals surface area contributed by atoms with Crippen LogP contribution in [0.5, 0.6) is 0 Å². The van der Waals surface area contributed by atoms with Gasteiger partial charge in [-0.05, 0) is 38.1 Å². The van der Waals surface area contributed by atoms with E-state index in [9.17, 15) is 9.59 Å². The number of pyridine rings is 1. The molecular weight excluding hydrogens is 442 g/mol. The molecule has 0 N–H and O–H groups in total. The molecule has 4 aromatic rings. The average Bonchev–Trinajstić information content (AvgIpc) is 3.22. The fourth-order valence-corrected chi connectivity index (χ4v) is 4.55. The molecule has 1 fully saturated rings. The Morgan fingerprint density at radius 2 is 1.74 bits per heavy atom. The Hall–Kier alpha value is -4.01. The van der Waals surface area contributed by atoms with Gasteiger partial charge < -0.3 is 9.80 Å². The van der Waals surface area contributed by atoms with Gasteiger partial charge >= 0.3 is 0 Å². The molecule has 180 valence electrons. The first-order chi connectivity index (χ1) is 16.9. The smallest absolute Gasteiger partial charge is 0.273 e. The van der Waals surface area contributed by atoms with Crippen LogP contribution < -0.4 is 10.5 Å². The Kier molecular flexibility index (Phi) is 6.07. The van der Waals surface area contributed by atoms with Crippen molar-refractivity contribution in [1.29, 1.82) is 0 Å². The van der Waals surface area contributed by atoms with Gasteiger partial charge in [0.1, 0.15) is 17.0 Å². The molecule has 1 aliphatic rings. The number of benzene rings is 1. The minimum Gasteiger partial charge on any atom is -0.353 e. The standard InChI is InChI=1S/C26H29N7O2/c1-18-7-9-20(10-8-18)33-25-24(19(2)29-33)28-21(26(35)30(25)3)11-12-23(34)32-16-14-31(15-17-32)22-6-4-5-13-27-22/h4-10,13H,11-12,14-17H2,1-3H3. The van der Waals surface area contributed by atoms with Gasteiger partial charge in [-0.25, -0.2) is 14.6 Å². The molecule has 1 saturated heterocycles. The Balaban J connectivity index is 1.31. The predicted molar refractivity (Wildman–Crippen MR) is 135 cm³/mol. The van der Waals surface area contributed by atoms with E-state index >= 15 is 0 Å². The number of fused-ring (bicyclic) bond motifs is 1. The highest BCUT2D eigenvalue weighted by Crippen LogP contribution is 2.20. The van der Waals surface area contributed by atoms with Crippen LogP contribution in [0.2, 0.25) is 0 Å². The summed E-state index contributed by atoms with van der Waals surface area (Å²) in [7, 11) is 1.74. The maximum absolute atomic E-state index is 13.1. The zero-order valence-corrected chi connectivity index (χ0v) is 20.3. The summed E-state index contributed by atoms with van der Waals surface area (Å²) in [5, 5.41) is 4.64. The molecule has 1 aromatic carbocycles. The minimum absolute atomic E-state index is 0.0432. The maximum Gasteiger partial charge on any atom is 0.273 e. The topological polar surface area (TPSA) is 89.2 Å². The van der Waals surface area contributed by atoms with E-state index in [2.05, 4.69) is 20.0 Å². The molecule has 9 nitrogen and oxygen atoms in total. The number of hydrogen-bond acceptors (Lipinski definition) is 6. The van der Waals surface area contributed by atoms with Crippen LogP contribution in [0.4, 0.5) is 5.82 Å². The number of piperazine rings is 1. The number of aromatic nitrogens is 5. The normalized spacial score (nSPS) is 14.0. The number of amides is 1. The number of anilines is 1. The van der Waals surface area contributed by atoms with E-state index in [1.807, 2.05) is 61.2 Å². The van der Waals surface area contributed by atoms with Gasteiger partial charge in [0.05, 0.1) is 11.4 Å². The second-order valence-corrected chi connectivity index (χ2v) is 8.98. The zero-order chi connectivity index (χ0) is 24.5. The van der Waals surface area contributed by atoms with Gasteiger partial charge in [0, 0.05) is 52.3 Å². The Bertz CT molecular complexity index is 1420. The summed E-state index contributed by atoms with van der Waals surface area (Å²) in [5.41, 5.74) is 4.30. The van der Waals surface area contributed by atoms with E-state index in [4.69, 9.17) is 0 Å². The van der Waals surface area contributed by atoms with E-state index in [1.54, 1.807) is 22.5 Å². The lowest BCUT2D eigenvalue weighted by Crippen LogP contribution is -2.49. The van der Waals surface area contributed by atoms with Crippen LogP contribution in [0.1, 0.15) is 23.4 Å². The summed E-state index contributed by atoms with van der Waals surface area (Å²) in [5.74, 6) is 0.976. The van der Waals surface area contributed by atoms with Crippen LogP contribution in [0.3, 0.4) is 0 Å². The van der Waals surface area contributed by atoms with Crippen molar-refractivity contribution in [3.05, 3.63) is 76.0 Å². The summed E-state index contributed by atoms with van der Waals surface area (Å²) < 4.78 is 3.35. The molecule has 0 radical (unpaired) electrons. The van der Waals surface area contributed by atoms with Gasteiger partial charge in [0.25, 0.3) is 5.56 Å². The minimum atomic E-state index is -0.196. The number of nitrogens with zero attached hydrogens (tertiary/aromatic N) is 7. The molecule has 0 saturated carbocycles. The second-order valence-electron chi connectivity index (χ2n) is 8.98. The molecule has 0 atom stereocenters. The van der Waals surface area contributed by atoms with Crippen molar-refractivity contribution in [2.45, 2.75) is 26.7 Å². The van der Waals surface area contributed by atoms with Crippen molar-refractivity contribution in [1.82, 2.24) is 29.2 Å². The monoisotopic (exact) mass is 471 g/mol. The van der Waals surface area contributed by atoms with E-state index < -0.39 is 0 Å². The van der Waals surface area contributed by atoms with Crippen molar-refractivity contribution in [2.24, 2.45) is 7.05 Å². The molecule has 0 spiro atoms. The van der Waals surface area contributed by atoms with Gasteiger partial charge in [0.2, 0.25) is 5.91 Å². The molecule has 1 aliphatic heterocycles. The predicted octanol–water partition coefficient (Wildman–Crippen LogP) is 2.41. The molecule has 3 aromatic heterocycles. The highest BCUT2D eigenvalue weighted by molar-refractivity contribution is 5.78. The van der Waals surface area contributed by atoms with Crippen molar-refractivity contribution in [2.75, 3.05) is 31.1 Å². The average molecular weight is 472 g/mol. The lowest BCUT2D eigenvalue weighted by molar-refractivity contribution is -0.131. The van der Waals surface area contributed by atoms with Crippen LogP contribution in [-0.2, 0) is 18.3 Å². The summed E-state index contributed by atoms with van der Waals surface area (Å²) in [6.07, 6.45) is 2.34. The van der Waals surface area contributed by atoms with Gasteiger partial charge in [-0.3, -0.25) is 14.2 Å².